The van der Waals surface area contributed by atoms with Gasteiger partial charge in [0.15, 0.2) is 11.4 Å². The van der Waals surface area contributed by atoms with E-state index in [1.807, 2.05) is 27.0 Å². The molecule has 196 valence electrons. The number of nitrogens with zero attached hydrogens (tertiary/aromatic N) is 5. The van der Waals surface area contributed by atoms with E-state index in [1.54, 1.807) is 27.9 Å². The molecule has 2 aliphatic rings. The summed E-state index contributed by atoms with van der Waals surface area (Å²) < 4.78 is 13.7. The fraction of sp³-hybridized carbons (Fsp3) is 0.370. The topological polar surface area (TPSA) is 127 Å². The Labute approximate surface area is 219 Å². The molecule has 0 unspecified atom stereocenters. The molecule has 2 bridgehead atoms. The molecule has 0 saturated carbocycles. The van der Waals surface area contributed by atoms with Gasteiger partial charge in [-0.2, -0.15) is 0 Å². The molecule has 0 radical (unpaired) electrons. The van der Waals surface area contributed by atoms with Crippen LogP contribution in [0.25, 0.3) is 10.9 Å². The third-order valence-electron chi connectivity index (χ3n) is 7.19. The van der Waals surface area contributed by atoms with Gasteiger partial charge < -0.3 is 24.7 Å². The number of hydrogen-bond donors (Lipinski definition) is 2. The number of pyridine rings is 1. The smallest absolute Gasteiger partial charge is 0.274 e. The largest absolute Gasteiger partial charge is 0.489 e. The van der Waals surface area contributed by atoms with Gasteiger partial charge in [0.05, 0.1) is 31.5 Å². The van der Waals surface area contributed by atoms with Crippen LogP contribution in [0.4, 0.5) is 0 Å². The number of aryl methyl sites for hydroxylation is 3. The highest BCUT2D eigenvalue weighted by Crippen LogP contribution is 2.28. The van der Waals surface area contributed by atoms with Crippen LogP contribution in [0.1, 0.15) is 43.4 Å². The summed E-state index contributed by atoms with van der Waals surface area (Å²) in [6.45, 7) is 7.61. The first-order chi connectivity index (χ1) is 18.4. The standard InChI is InChI=1S/C27H29N7O4/c1-15-9-16(2)23-19(10-15)17(3)24(30-23)27(36)33-12-20-22(13-33)38-14-18-11-34(32-31-18)7-8-37-21-5-4-6-28-25(21)26(35)29-20/h4-6,9-11,20,22,30H,7-8,12-14H2,1-3H3,(H,29,35)/t20-,22-/m0/s1. The van der Waals surface area contributed by atoms with Crippen molar-refractivity contribution in [3.8, 4) is 5.75 Å². The van der Waals surface area contributed by atoms with Gasteiger partial charge >= 0.3 is 0 Å². The summed E-state index contributed by atoms with van der Waals surface area (Å²) in [5.74, 6) is -0.132. The molecular formula is C27H29N7O4. The number of nitrogens with one attached hydrogen (secondary N) is 2. The zero-order valence-corrected chi connectivity index (χ0v) is 21.5. The fourth-order valence-electron chi connectivity index (χ4n) is 5.27. The Morgan fingerprint density at radius 1 is 1.18 bits per heavy atom. The molecular weight excluding hydrogens is 486 g/mol. The highest BCUT2D eigenvalue weighted by molar-refractivity contribution is 6.02. The molecule has 11 heteroatoms. The van der Waals surface area contributed by atoms with E-state index in [-0.39, 0.29) is 30.7 Å². The Morgan fingerprint density at radius 3 is 2.92 bits per heavy atom. The van der Waals surface area contributed by atoms with Gasteiger partial charge in [-0.1, -0.05) is 16.8 Å². The number of amides is 2. The third kappa shape index (κ3) is 4.38. The van der Waals surface area contributed by atoms with Gasteiger partial charge in [-0.05, 0) is 50.1 Å². The minimum absolute atomic E-state index is 0.133. The van der Waals surface area contributed by atoms with Crippen molar-refractivity contribution in [2.75, 3.05) is 19.7 Å². The van der Waals surface area contributed by atoms with Crippen molar-refractivity contribution >= 4 is 22.7 Å². The predicted octanol–water partition coefficient (Wildman–Crippen LogP) is 2.31. The van der Waals surface area contributed by atoms with Crippen LogP contribution >= 0.6 is 0 Å². The Morgan fingerprint density at radius 2 is 2.05 bits per heavy atom. The predicted molar refractivity (Wildman–Crippen MR) is 138 cm³/mol. The summed E-state index contributed by atoms with van der Waals surface area (Å²) in [7, 11) is 0. The van der Waals surface area contributed by atoms with Crippen molar-refractivity contribution in [1.82, 2.24) is 35.2 Å². The molecule has 2 amide bonds. The zero-order chi connectivity index (χ0) is 26.4. The molecule has 4 aromatic rings. The van der Waals surface area contributed by atoms with Gasteiger partial charge in [0, 0.05) is 30.2 Å². The first kappa shape index (κ1) is 24.1. The molecule has 0 spiro atoms. The Hall–Kier alpha value is -4.25. The van der Waals surface area contributed by atoms with Gasteiger partial charge in [-0.25, -0.2) is 9.67 Å². The van der Waals surface area contributed by atoms with Gasteiger partial charge in [0.25, 0.3) is 11.8 Å². The molecule has 2 aliphatic heterocycles. The van der Waals surface area contributed by atoms with Gasteiger partial charge in [0.2, 0.25) is 0 Å². The van der Waals surface area contributed by atoms with Crippen LogP contribution in [0.2, 0.25) is 0 Å². The van der Waals surface area contributed by atoms with Crippen LogP contribution in [-0.2, 0) is 17.9 Å². The van der Waals surface area contributed by atoms with Crippen LogP contribution in [0.5, 0.6) is 5.75 Å². The second-order valence-electron chi connectivity index (χ2n) is 9.94. The van der Waals surface area contributed by atoms with E-state index in [2.05, 4.69) is 37.7 Å². The molecule has 2 N–H and O–H groups in total. The Bertz CT molecular complexity index is 1540. The number of hydrogen-bond acceptors (Lipinski definition) is 7. The summed E-state index contributed by atoms with van der Waals surface area (Å²) in [5.41, 5.74) is 5.51. The summed E-state index contributed by atoms with van der Waals surface area (Å²) in [4.78, 5) is 36.3. The number of aromatic nitrogens is 5. The van der Waals surface area contributed by atoms with E-state index in [9.17, 15) is 9.59 Å². The maximum atomic E-state index is 13.7. The molecule has 2 atom stereocenters. The van der Waals surface area contributed by atoms with Gasteiger partial charge in [0.1, 0.15) is 18.0 Å². The molecule has 1 aromatic carbocycles. The van der Waals surface area contributed by atoms with E-state index in [4.69, 9.17) is 9.47 Å². The molecule has 1 saturated heterocycles. The van der Waals surface area contributed by atoms with Crippen molar-refractivity contribution in [2.24, 2.45) is 0 Å². The van der Waals surface area contributed by atoms with E-state index in [1.165, 1.54) is 0 Å². The van der Waals surface area contributed by atoms with E-state index < -0.39 is 12.1 Å². The lowest BCUT2D eigenvalue weighted by Crippen LogP contribution is -2.44. The van der Waals surface area contributed by atoms with Crippen LogP contribution in [0, 0.1) is 20.8 Å². The molecule has 5 heterocycles. The van der Waals surface area contributed by atoms with Crippen LogP contribution < -0.4 is 10.1 Å². The first-order valence-corrected chi connectivity index (χ1v) is 12.7. The molecule has 0 aliphatic carbocycles. The minimum Gasteiger partial charge on any atom is -0.489 e. The zero-order valence-electron chi connectivity index (χ0n) is 21.5. The third-order valence-corrected chi connectivity index (χ3v) is 7.19. The molecule has 38 heavy (non-hydrogen) atoms. The summed E-state index contributed by atoms with van der Waals surface area (Å²) in [6, 6.07) is 7.17. The van der Waals surface area contributed by atoms with Crippen molar-refractivity contribution in [3.63, 3.8) is 0 Å². The van der Waals surface area contributed by atoms with Crippen molar-refractivity contribution < 1.29 is 19.1 Å². The van der Waals surface area contributed by atoms with Crippen LogP contribution in [0.3, 0.4) is 0 Å². The lowest BCUT2D eigenvalue weighted by atomic mass is 10.1. The highest BCUT2D eigenvalue weighted by Gasteiger charge is 2.39. The molecule has 3 aromatic heterocycles. The molecule has 6 rings (SSSR count). The second-order valence-corrected chi connectivity index (χ2v) is 9.94. The first-order valence-electron chi connectivity index (χ1n) is 12.7. The van der Waals surface area contributed by atoms with Crippen LogP contribution in [-0.4, -0.2) is 73.5 Å². The number of ether oxygens (including phenoxy) is 2. The van der Waals surface area contributed by atoms with Crippen molar-refractivity contribution in [1.29, 1.82) is 0 Å². The lowest BCUT2D eigenvalue weighted by Gasteiger charge is -2.20. The average Bonchev–Trinajstić information content (AvgIpc) is 3.60. The Balaban J connectivity index is 1.30. The summed E-state index contributed by atoms with van der Waals surface area (Å²) >= 11 is 0. The summed E-state index contributed by atoms with van der Waals surface area (Å²) in [6.07, 6.45) is 2.91. The number of aromatic amines is 1. The SMILES string of the molecule is Cc1cc(C)c2[nH]c(C(=O)N3C[C@@H]4NC(=O)c5ncccc5OCCn5cc(nn5)CO[C@H]4C3)c(C)c2c1. The average molecular weight is 516 g/mol. The lowest BCUT2D eigenvalue weighted by molar-refractivity contribution is 0.0289. The van der Waals surface area contributed by atoms with Gasteiger partial charge in [-0.15, -0.1) is 5.10 Å². The number of likely N-dealkylation sites (tertiary alicyclic amines) is 1. The number of benzene rings is 1. The van der Waals surface area contributed by atoms with E-state index >= 15 is 0 Å². The minimum atomic E-state index is -0.451. The van der Waals surface area contributed by atoms with E-state index in [0.717, 1.165) is 27.6 Å². The summed E-state index contributed by atoms with van der Waals surface area (Å²) in [5, 5.41) is 12.4. The number of rotatable bonds is 1. The quantitative estimate of drug-likeness (QED) is 0.398. The number of fused-ring (bicyclic) bond motifs is 5. The maximum absolute atomic E-state index is 13.7. The number of carbonyl (C=O) groups excluding carboxylic acids is 2. The highest BCUT2D eigenvalue weighted by atomic mass is 16.5. The Kier molecular flexibility index (Phi) is 6.07. The van der Waals surface area contributed by atoms with Crippen molar-refractivity contribution in [3.05, 3.63) is 70.4 Å². The number of carbonyl (C=O) groups is 2. The monoisotopic (exact) mass is 515 g/mol. The fourth-order valence-corrected chi connectivity index (χ4v) is 5.27. The molecule has 1 fully saturated rings. The molecule has 11 nitrogen and oxygen atoms in total. The van der Waals surface area contributed by atoms with E-state index in [0.29, 0.717) is 36.8 Å². The van der Waals surface area contributed by atoms with Gasteiger partial charge in [-0.3, -0.25) is 9.59 Å². The number of H-pyrrole nitrogens is 1. The van der Waals surface area contributed by atoms with Crippen molar-refractivity contribution in [2.45, 2.75) is 46.1 Å². The normalized spacial score (nSPS) is 19.9. The van der Waals surface area contributed by atoms with Crippen LogP contribution in [0.15, 0.2) is 36.7 Å². The second kappa shape index (κ2) is 9.56. The maximum Gasteiger partial charge on any atom is 0.274 e.